The molecule has 1 aliphatic heterocycles. The molecular weight excluding hydrogens is 591 g/mol. The van der Waals surface area contributed by atoms with Crippen LogP contribution in [-0.4, -0.2) is 86.8 Å². The van der Waals surface area contributed by atoms with E-state index in [4.69, 9.17) is 4.52 Å². The lowest BCUT2D eigenvalue weighted by atomic mass is 10.2. The fourth-order valence-corrected chi connectivity index (χ4v) is 6.66. The van der Waals surface area contributed by atoms with Crippen LogP contribution in [0.25, 0.3) is 23.0 Å². The molecule has 0 radical (unpaired) electrons. The number of quaternary nitrogens is 1. The molecule has 12 nitrogen and oxygen atoms in total. The van der Waals surface area contributed by atoms with Crippen LogP contribution in [0.15, 0.2) is 53.2 Å². The van der Waals surface area contributed by atoms with E-state index in [0.29, 0.717) is 48.5 Å². The van der Waals surface area contributed by atoms with Crippen LogP contribution >= 0.6 is 0 Å². The molecule has 228 valence electrons. The molecule has 2 fully saturated rings. The number of aryl methyl sites for hydroxylation is 1. The van der Waals surface area contributed by atoms with Crippen LogP contribution in [0.3, 0.4) is 0 Å². The van der Waals surface area contributed by atoms with Crippen LogP contribution in [0.5, 0.6) is 5.75 Å². The maximum absolute atomic E-state index is 12.4. The van der Waals surface area contributed by atoms with Crippen LogP contribution in [0.2, 0.25) is 0 Å². The van der Waals surface area contributed by atoms with E-state index in [9.17, 15) is 26.1 Å². The van der Waals surface area contributed by atoms with Crippen molar-refractivity contribution in [1.29, 1.82) is 0 Å². The second-order valence-corrected chi connectivity index (χ2v) is 12.3. The lowest BCUT2D eigenvalue weighted by molar-refractivity contribution is -0.928. The molecule has 0 amide bonds. The predicted octanol–water partition coefficient (Wildman–Crippen LogP) is 3.55. The summed E-state index contributed by atoms with van der Waals surface area (Å²) in [5.41, 5.74) is 2.68. The highest BCUT2D eigenvalue weighted by atomic mass is 32.2. The number of nitrogens with zero attached hydrogens (tertiary/aromatic N) is 7. The minimum absolute atomic E-state index is 0.161. The largest absolute Gasteiger partial charge is 0.744 e. The van der Waals surface area contributed by atoms with Crippen molar-refractivity contribution in [2.75, 3.05) is 37.0 Å². The SMILES string of the molecule is Cc1cc(-c2nc(-c3ccc(OC(F)(F)F)cc3)no2)nn1Cc1ccnc(N2CC[N+](CS(=O)(=O)[O-])(C3CC3)CC2)c1. The fourth-order valence-electron chi connectivity index (χ4n) is 5.56. The second kappa shape index (κ2) is 10.9. The summed E-state index contributed by atoms with van der Waals surface area (Å²) in [7, 11) is -4.33. The zero-order valence-corrected chi connectivity index (χ0v) is 23.9. The van der Waals surface area contributed by atoms with Gasteiger partial charge in [-0.25, -0.2) is 13.4 Å². The summed E-state index contributed by atoms with van der Waals surface area (Å²) >= 11 is 0. The molecule has 4 aromatic rings. The highest BCUT2D eigenvalue weighted by Gasteiger charge is 2.47. The number of hydrogen-bond donors (Lipinski definition) is 0. The van der Waals surface area contributed by atoms with Gasteiger partial charge in [0, 0.05) is 30.3 Å². The summed E-state index contributed by atoms with van der Waals surface area (Å²) in [5.74, 6) is 0.417. The van der Waals surface area contributed by atoms with Gasteiger partial charge in [0.05, 0.1) is 38.8 Å². The smallest absolute Gasteiger partial charge is 0.573 e. The summed E-state index contributed by atoms with van der Waals surface area (Å²) in [6.07, 6.45) is -1.16. The molecule has 0 bridgehead atoms. The number of hydrogen-bond acceptors (Lipinski definition) is 10. The Labute approximate surface area is 245 Å². The van der Waals surface area contributed by atoms with Gasteiger partial charge in [0.1, 0.15) is 21.7 Å². The van der Waals surface area contributed by atoms with Gasteiger partial charge >= 0.3 is 6.36 Å². The third-order valence-corrected chi connectivity index (χ3v) is 8.64. The van der Waals surface area contributed by atoms with E-state index < -0.39 is 16.5 Å². The maximum atomic E-state index is 12.4. The molecule has 2 aliphatic rings. The predicted molar refractivity (Wildman–Crippen MR) is 146 cm³/mol. The van der Waals surface area contributed by atoms with E-state index in [2.05, 4.69) is 29.9 Å². The van der Waals surface area contributed by atoms with Gasteiger partial charge in [0.25, 0.3) is 5.89 Å². The quantitative estimate of drug-likeness (QED) is 0.202. The van der Waals surface area contributed by atoms with Gasteiger partial charge in [-0.3, -0.25) is 4.68 Å². The topological polar surface area (TPSA) is 139 Å². The first kappa shape index (κ1) is 29.1. The molecule has 4 heterocycles. The van der Waals surface area contributed by atoms with Crippen LogP contribution in [0, 0.1) is 6.92 Å². The highest BCUT2D eigenvalue weighted by Crippen LogP contribution is 2.36. The van der Waals surface area contributed by atoms with Gasteiger partial charge in [-0.15, -0.1) is 13.2 Å². The van der Waals surface area contributed by atoms with E-state index in [1.165, 1.54) is 24.3 Å². The zero-order valence-electron chi connectivity index (χ0n) is 23.1. The standard InChI is InChI=1S/C27H28F3N7O5S/c1-18-14-23(26-32-25(34-42-26)20-2-6-22(7-3-20)41-27(28,29)30)33-36(18)16-19-8-9-31-24(15-19)35-10-12-37(13-11-35,21-4-5-21)17-43(38,39)40/h2-3,6-9,14-15,21H,4-5,10-13,16-17H2,1H3. The summed E-state index contributed by atoms with van der Waals surface area (Å²) in [6, 6.07) is 11.0. The number of rotatable bonds is 9. The summed E-state index contributed by atoms with van der Waals surface area (Å²) in [5, 5.41) is 8.54. The molecule has 1 saturated heterocycles. The van der Waals surface area contributed by atoms with Crippen molar-refractivity contribution < 1.29 is 39.9 Å². The number of pyridine rings is 1. The molecule has 0 spiro atoms. The first-order valence-corrected chi connectivity index (χ1v) is 15.2. The van der Waals surface area contributed by atoms with E-state index in [-0.39, 0.29) is 29.4 Å². The Balaban J connectivity index is 1.12. The molecule has 6 rings (SSSR count). The van der Waals surface area contributed by atoms with Crippen LogP contribution in [-0.2, 0) is 16.7 Å². The Kier molecular flexibility index (Phi) is 7.38. The van der Waals surface area contributed by atoms with Crippen LogP contribution in [0.4, 0.5) is 19.0 Å². The number of halogens is 3. The molecule has 16 heteroatoms. The second-order valence-electron chi connectivity index (χ2n) is 10.9. The van der Waals surface area contributed by atoms with Gasteiger partial charge in [-0.1, -0.05) is 5.16 Å². The molecule has 1 saturated carbocycles. The number of piperazine rings is 1. The van der Waals surface area contributed by atoms with E-state index >= 15 is 0 Å². The fraction of sp³-hybridized carbons (Fsp3) is 0.407. The van der Waals surface area contributed by atoms with Crippen molar-refractivity contribution in [2.24, 2.45) is 0 Å². The minimum Gasteiger partial charge on any atom is -0.744 e. The van der Waals surface area contributed by atoms with E-state index in [1.54, 1.807) is 16.9 Å². The zero-order chi connectivity index (χ0) is 30.4. The Morgan fingerprint density at radius 3 is 2.49 bits per heavy atom. The summed E-state index contributed by atoms with van der Waals surface area (Å²) in [4.78, 5) is 11.0. The number of alkyl halides is 3. The first-order valence-electron chi connectivity index (χ1n) is 13.6. The van der Waals surface area contributed by atoms with Gasteiger partial charge in [0.2, 0.25) is 5.82 Å². The lowest BCUT2D eigenvalue weighted by Crippen LogP contribution is -2.62. The minimum atomic E-state index is -4.78. The van der Waals surface area contributed by atoms with Crippen LogP contribution in [0.1, 0.15) is 24.1 Å². The maximum Gasteiger partial charge on any atom is 0.573 e. The van der Waals surface area contributed by atoms with Crippen LogP contribution < -0.4 is 9.64 Å². The monoisotopic (exact) mass is 619 g/mol. The number of benzene rings is 1. The van der Waals surface area contributed by atoms with Gasteiger partial charge in [-0.05, 0) is 55.0 Å². The van der Waals surface area contributed by atoms with Crippen molar-refractivity contribution >= 4 is 15.9 Å². The Hall–Kier alpha value is -4.02. The Morgan fingerprint density at radius 2 is 1.84 bits per heavy atom. The molecule has 43 heavy (non-hydrogen) atoms. The lowest BCUT2D eigenvalue weighted by Gasteiger charge is -2.45. The van der Waals surface area contributed by atoms with Crippen molar-refractivity contribution in [3.8, 4) is 28.7 Å². The van der Waals surface area contributed by atoms with Gasteiger partial charge in [-0.2, -0.15) is 10.1 Å². The summed E-state index contributed by atoms with van der Waals surface area (Å²) < 4.78 is 83.4. The molecule has 0 N–H and O–H groups in total. The van der Waals surface area contributed by atoms with Gasteiger partial charge < -0.3 is 23.2 Å². The van der Waals surface area contributed by atoms with Crippen molar-refractivity contribution in [1.82, 2.24) is 24.9 Å². The molecule has 1 aromatic carbocycles. The number of anilines is 1. The molecule has 1 aliphatic carbocycles. The van der Waals surface area contributed by atoms with Crippen molar-refractivity contribution in [3.63, 3.8) is 0 Å². The number of ether oxygens (including phenoxy) is 1. The third kappa shape index (κ3) is 6.81. The Morgan fingerprint density at radius 1 is 1.12 bits per heavy atom. The Bertz CT molecular complexity index is 1710. The van der Waals surface area contributed by atoms with Crippen molar-refractivity contribution in [3.05, 3.63) is 59.9 Å². The molecular formula is C27H28F3N7O5S. The van der Waals surface area contributed by atoms with E-state index in [1.807, 2.05) is 19.1 Å². The average Bonchev–Trinajstić information content (AvgIpc) is 3.59. The summed E-state index contributed by atoms with van der Waals surface area (Å²) in [6.45, 7) is 4.69. The van der Waals surface area contributed by atoms with Crippen molar-refractivity contribution in [2.45, 2.75) is 38.7 Å². The first-order chi connectivity index (χ1) is 20.4. The molecule has 0 atom stereocenters. The third-order valence-electron chi connectivity index (χ3n) is 7.81. The highest BCUT2D eigenvalue weighted by molar-refractivity contribution is 7.85. The normalized spacial score (nSPS) is 17.3. The molecule has 3 aromatic heterocycles. The number of aromatic nitrogens is 5. The van der Waals surface area contributed by atoms with E-state index in [0.717, 1.165) is 29.9 Å². The van der Waals surface area contributed by atoms with Gasteiger partial charge in [0.15, 0.2) is 11.6 Å². The molecule has 0 unspecified atom stereocenters. The average molecular weight is 620 g/mol.